The minimum Gasteiger partial charge on any atom is -0.457 e. The van der Waals surface area contributed by atoms with Crippen LogP contribution in [0.25, 0.3) is 0 Å². The second-order valence-electron chi connectivity index (χ2n) is 6.87. The van der Waals surface area contributed by atoms with E-state index in [2.05, 4.69) is 10.6 Å². The average Bonchev–Trinajstić information content (AvgIpc) is 2.81. The van der Waals surface area contributed by atoms with Crippen LogP contribution in [0.2, 0.25) is 0 Å². The minimum atomic E-state index is -0.436. The molecule has 0 radical (unpaired) electrons. The van der Waals surface area contributed by atoms with Crippen LogP contribution in [0.5, 0.6) is 11.5 Å². The van der Waals surface area contributed by atoms with Crippen molar-refractivity contribution in [1.29, 1.82) is 5.26 Å². The third-order valence-corrected chi connectivity index (χ3v) is 4.82. The number of aryl methyl sites for hydroxylation is 2. The Morgan fingerprint density at radius 1 is 0.903 bits per heavy atom. The van der Waals surface area contributed by atoms with Gasteiger partial charge in [0.2, 0.25) is 0 Å². The molecule has 0 fully saturated rings. The topological polar surface area (TPSA) is 74.2 Å². The Bertz CT molecular complexity index is 1080. The summed E-state index contributed by atoms with van der Waals surface area (Å²) >= 11 is 0. The van der Waals surface area contributed by atoms with Crippen LogP contribution in [0, 0.1) is 11.3 Å². The first-order valence-electron chi connectivity index (χ1n) is 10.3. The quantitative estimate of drug-likeness (QED) is 0.349. The Morgan fingerprint density at radius 2 is 1.52 bits per heavy atom. The minimum absolute atomic E-state index is 0.00225. The zero-order valence-corrected chi connectivity index (χ0v) is 17.7. The number of para-hydroxylation sites is 2. The molecule has 0 aliphatic carbocycles. The van der Waals surface area contributed by atoms with Crippen molar-refractivity contribution in [1.82, 2.24) is 0 Å². The Kier molecular flexibility index (Phi) is 7.45. The molecule has 2 N–H and O–H groups in total. The zero-order chi connectivity index (χ0) is 22.1. The van der Waals surface area contributed by atoms with E-state index < -0.39 is 5.91 Å². The van der Waals surface area contributed by atoms with Crippen LogP contribution in [-0.2, 0) is 17.6 Å². The van der Waals surface area contributed by atoms with E-state index in [1.165, 1.54) is 6.20 Å². The number of rotatable bonds is 8. The largest absolute Gasteiger partial charge is 0.457 e. The van der Waals surface area contributed by atoms with Crippen LogP contribution in [0.3, 0.4) is 0 Å². The van der Waals surface area contributed by atoms with Gasteiger partial charge < -0.3 is 15.4 Å². The number of hydrogen-bond acceptors (Lipinski definition) is 4. The van der Waals surface area contributed by atoms with Gasteiger partial charge in [-0.25, -0.2) is 0 Å². The molecule has 0 unspecified atom stereocenters. The van der Waals surface area contributed by atoms with Gasteiger partial charge >= 0.3 is 0 Å². The lowest BCUT2D eigenvalue weighted by molar-refractivity contribution is -0.112. The summed E-state index contributed by atoms with van der Waals surface area (Å²) < 4.78 is 5.77. The second kappa shape index (κ2) is 10.7. The lowest BCUT2D eigenvalue weighted by Crippen LogP contribution is -2.17. The maximum atomic E-state index is 12.7. The molecule has 0 aliphatic heterocycles. The lowest BCUT2D eigenvalue weighted by Gasteiger charge is -2.14. The Labute approximate surface area is 183 Å². The molecule has 31 heavy (non-hydrogen) atoms. The Balaban J connectivity index is 1.68. The maximum Gasteiger partial charge on any atom is 0.267 e. The van der Waals surface area contributed by atoms with Crippen molar-refractivity contribution in [3.8, 4) is 17.6 Å². The number of anilines is 2. The van der Waals surface area contributed by atoms with Gasteiger partial charge in [0, 0.05) is 17.6 Å². The van der Waals surface area contributed by atoms with Gasteiger partial charge in [0.05, 0.1) is 0 Å². The molecule has 0 spiro atoms. The van der Waals surface area contributed by atoms with Crippen LogP contribution >= 0.6 is 0 Å². The van der Waals surface area contributed by atoms with Crippen molar-refractivity contribution in [3.05, 3.63) is 95.7 Å². The fourth-order valence-electron chi connectivity index (χ4n) is 3.13. The predicted molar refractivity (Wildman–Crippen MR) is 124 cm³/mol. The molecule has 0 saturated heterocycles. The number of nitrogens with one attached hydrogen (secondary N) is 2. The number of hydrogen-bond donors (Lipinski definition) is 2. The number of ether oxygens (including phenoxy) is 1. The van der Waals surface area contributed by atoms with Crippen LogP contribution in [0.1, 0.15) is 25.0 Å². The molecule has 3 rings (SSSR count). The number of carbonyl (C=O) groups excluding carboxylic acids is 1. The standard InChI is InChI=1S/C26H25N3O2/c1-3-19-9-8-10-20(4-2)25(19)29-26(30)21(17-27)18-28-22-13-15-24(16-14-22)31-23-11-6-5-7-12-23/h5-16,18,28H,3-4H2,1-2H3,(H,29,30)/b21-18-. The molecular weight excluding hydrogens is 386 g/mol. The molecule has 0 aliphatic rings. The summed E-state index contributed by atoms with van der Waals surface area (Å²) in [7, 11) is 0. The molecule has 1 amide bonds. The SMILES string of the molecule is CCc1cccc(CC)c1NC(=O)/C(C#N)=C\Nc1ccc(Oc2ccccc2)cc1. The van der Waals surface area contributed by atoms with Gasteiger partial charge in [-0.3, -0.25) is 4.79 Å². The van der Waals surface area contributed by atoms with Crippen LogP contribution in [-0.4, -0.2) is 5.91 Å². The normalized spacial score (nSPS) is 10.8. The van der Waals surface area contributed by atoms with Crippen molar-refractivity contribution < 1.29 is 9.53 Å². The average molecular weight is 412 g/mol. The van der Waals surface area contributed by atoms with E-state index in [9.17, 15) is 10.1 Å². The molecule has 0 bridgehead atoms. The monoisotopic (exact) mass is 411 g/mol. The molecule has 3 aromatic rings. The van der Waals surface area contributed by atoms with E-state index in [-0.39, 0.29) is 5.57 Å². The van der Waals surface area contributed by atoms with Gasteiger partial charge in [0.25, 0.3) is 5.91 Å². The van der Waals surface area contributed by atoms with E-state index in [4.69, 9.17) is 4.74 Å². The summed E-state index contributed by atoms with van der Waals surface area (Å²) in [6.07, 6.45) is 3.01. The van der Waals surface area contributed by atoms with Crippen molar-refractivity contribution in [2.24, 2.45) is 0 Å². The van der Waals surface area contributed by atoms with Gasteiger partial charge in [-0.2, -0.15) is 5.26 Å². The smallest absolute Gasteiger partial charge is 0.267 e. The highest BCUT2D eigenvalue weighted by molar-refractivity contribution is 6.07. The van der Waals surface area contributed by atoms with E-state index >= 15 is 0 Å². The third-order valence-electron chi connectivity index (χ3n) is 4.82. The summed E-state index contributed by atoms with van der Waals surface area (Å²) in [5, 5.41) is 15.4. The first-order chi connectivity index (χ1) is 15.1. The molecule has 156 valence electrons. The maximum absolute atomic E-state index is 12.7. The van der Waals surface area contributed by atoms with E-state index in [1.54, 1.807) is 0 Å². The van der Waals surface area contributed by atoms with Crippen molar-refractivity contribution in [3.63, 3.8) is 0 Å². The summed E-state index contributed by atoms with van der Waals surface area (Å²) in [6.45, 7) is 4.08. The lowest BCUT2D eigenvalue weighted by atomic mass is 10.0. The summed E-state index contributed by atoms with van der Waals surface area (Å²) in [6, 6.07) is 24.7. The van der Waals surface area contributed by atoms with Crippen LogP contribution in [0.15, 0.2) is 84.6 Å². The fourth-order valence-corrected chi connectivity index (χ4v) is 3.13. The zero-order valence-electron chi connectivity index (χ0n) is 17.7. The number of amides is 1. The molecule has 5 heteroatoms. The summed E-state index contributed by atoms with van der Waals surface area (Å²) in [5.74, 6) is 1.02. The molecule has 0 heterocycles. The third kappa shape index (κ3) is 5.74. The number of nitrogens with zero attached hydrogens (tertiary/aromatic N) is 1. The van der Waals surface area contributed by atoms with Crippen molar-refractivity contribution >= 4 is 17.3 Å². The number of nitriles is 1. The highest BCUT2D eigenvalue weighted by Crippen LogP contribution is 2.24. The van der Waals surface area contributed by atoms with Crippen molar-refractivity contribution in [2.75, 3.05) is 10.6 Å². The first kappa shape index (κ1) is 21.7. The molecular formula is C26H25N3O2. The van der Waals surface area contributed by atoms with E-state index in [1.807, 2.05) is 92.7 Å². The molecule has 0 aromatic heterocycles. The number of carbonyl (C=O) groups is 1. The highest BCUT2D eigenvalue weighted by atomic mass is 16.5. The van der Waals surface area contributed by atoms with Crippen molar-refractivity contribution in [2.45, 2.75) is 26.7 Å². The molecule has 5 nitrogen and oxygen atoms in total. The molecule has 3 aromatic carbocycles. The van der Waals surface area contributed by atoms with Gasteiger partial charge in [0.15, 0.2) is 0 Å². The van der Waals surface area contributed by atoms with E-state index in [0.29, 0.717) is 5.75 Å². The highest BCUT2D eigenvalue weighted by Gasteiger charge is 2.14. The number of benzene rings is 3. The molecule has 0 atom stereocenters. The Morgan fingerprint density at radius 3 is 2.10 bits per heavy atom. The summed E-state index contributed by atoms with van der Waals surface area (Å²) in [4.78, 5) is 12.7. The van der Waals surface area contributed by atoms with Crippen LogP contribution < -0.4 is 15.4 Å². The predicted octanol–water partition coefficient (Wildman–Crippen LogP) is 6.06. The van der Waals surface area contributed by atoms with Gasteiger partial charge in [-0.05, 0) is 60.4 Å². The Hall–Kier alpha value is -4.04. The van der Waals surface area contributed by atoms with Crippen LogP contribution in [0.4, 0.5) is 11.4 Å². The van der Waals surface area contributed by atoms with Gasteiger partial charge in [0.1, 0.15) is 23.1 Å². The van der Waals surface area contributed by atoms with Gasteiger partial charge in [-0.1, -0.05) is 50.2 Å². The summed E-state index contributed by atoms with van der Waals surface area (Å²) in [5.41, 5.74) is 3.63. The van der Waals surface area contributed by atoms with Gasteiger partial charge in [-0.15, -0.1) is 0 Å². The fraction of sp³-hybridized carbons (Fsp3) is 0.154. The van der Waals surface area contributed by atoms with E-state index in [0.717, 1.165) is 41.1 Å². The second-order valence-corrected chi connectivity index (χ2v) is 6.87. The molecule has 0 saturated carbocycles. The first-order valence-corrected chi connectivity index (χ1v) is 10.3.